The Hall–Kier alpha value is -3.18. The molecule has 2 aromatic carbocycles. The molecule has 2 aliphatic heterocycles. The van der Waals surface area contributed by atoms with Crippen LogP contribution in [-0.4, -0.2) is 70.7 Å². The quantitative estimate of drug-likeness (QED) is 0.555. The van der Waals surface area contributed by atoms with Gasteiger partial charge in [-0.15, -0.1) is 13.2 Å². The van der Waals surface area contributed by atoms with Gasteiger partial charge in [0.05, 0.1) is 22.3 Å². The number of carbonyl (C=O) groups is 3. The molecule has 36 heavy (non-hydrogen) atoms. The minimum absolute atomic E-state index is 0.0415. The molecule has 1 unspecified atom stereocenters. The summed E-state index contributed by atoms with van der Waals surface area (Å²) in [5.74, 6) is -0.896. The molecule has 0 aromatic heterocycles. The van der Waals surface area contributed by atoms with E-state index < -0.39 is 24.2 Å². The number of nitrogens with one attached hydrogen (secondary N) is 1. The van der Waals surface area contributed by atoms with Crippen molar-refractivity contribution in [2.24, 2.45) is 0 Å². The molecule has 2 saturated heterocycles. The van der Waals surface area contributed by atoms with E-state index in [0.29, 0.717) is 6.42 Å². The summed E-state index contributed by atoms with van der Waals surface area (Å²) in [6, 6.07) is 9.36. The lowest BCUT2D eigenvalue weighted by molar-refractivity contribution is -0.274. The van der Waals surface area contributed by atoms with Crippen molar-refractivity contribution >= 4 is 46.9 Å². The third-order valence-corrected chi connectivity index (χ3v) is 7.04. The maximum atomic E-state index is 13.2. The van der Waals surface area contributed by atoms with Crippen LogP contribution in [0.25, 0.3) is 0 Å². The van der Waals surface area contributed by atoms with Crippen molar-refractivity contribution in [3.63, 3.8) is 0 Å². The number of nitrogens with zero attached hydrogens (tertiary/aromatic N) is 3. The highest BCUT2D eigenvalue weighted by Crippen LogP contribution is 2.47. The fraction of sp³-hybridized carbons (Fsp3) is 0.348. The summed E-state index contributed by atoms with van der Waals surface area (Å²) in [6.45, 7) is 0.258. The Morgan fingerprint density at radius 2 is 1.72 bits per heavy atom. The summed E-state index contributed by atoms with van der Waals surface area (Å²) >= 11 is 12.0. The van der Waals surface area contributed by atoms with Crippen molar-refractivity contribution in [1.29, 1.82) is 0 Å². The van der Waals surface area contributed by atoms with Gasteiger partial charge in [0.1, 0.15) is 11.8 Å². The number of fused-ring (bicyclic) bond motifs is 1. The zero-order chi connectivity index (χ0) is 25.8. The number of rotatable bonds is 4. The van der Waals surface area contributed by atoms with Crippen molar-refractivity contribution in [1.82, 2.24) is 14.7 Å². The third-order valence-electron chi connectivity index (χ3n) is 6.44. The van der Waals surface area contributed by atoms with Crippen LogP contribution in [-0.2, 0) is 4.79 Å². The number of carbonyl (C=O) groups excluding carboxylic acids is 3. The average molecular weight is 543 g/mol. The Balaban J connectivity index is 1.25. The van der Waals surface area contributed by atoms with Crippen LogP contribution in [0.5, 0.6) is 5.75 Å². The van der Waals surface area contributed by atoms with Gasteiger partial charge in [-0.05, 0) is 12.0 Å². The van der Waals surface area contributed by atoms with E-state index in [1.807, 2.05) is 30.3 Å². The van der Waals surface area contributed by atoms with Crippen molar-refractivity contribution in [2.75, 3.05) is 25.0 Å². The summed E-state index contributed by atoms with van der Waals surface area (Å²) in [7, 11) is 0. The molecule has 1 N–H and O–H groups in total. The number of imide groups is 1. The van der Waals surface area contributed by atoms with E-state index in [-0.39, 0.29) is 59.3 Å². The smallest absolute Gasteiger partial charge is 0.406 e. The van der Waals surface area contributed by atoms with Gasteiger partial charge in [-0.25, -0.2) is 9.59 Å². The highest BCUT2D eigenvalue weighted by molar-refractivity contribution is 6.40. The van der Waals surface area contributed by atoms with Gasteiger partial charge in [-0.2, -0.15) is 0 Å². The number of piperazine rings is 1. The number of urea groups is 2. The molecule has 0 spiro atoms. The van der Waals surface area contributed by atoms with Crippen LogP contribution < -0.4 is 10.1 Å². The van der Waals surface area contributed by atoms with E-state index >= 15 is 0 Å². The van der Waals surface area contributed by atoms with Crippen LogP contribution in [0.15, 0.2) is 42.5 Å². The number of alkyl halides is 3. The van der Waals surface area contributed by atoms with Crippen LogP contribution in [0.4, 0.5) is 28.4 Å². The van der Waals surface area contributed by atoms with E-state index in [9.17, 15) is 27.6 Å². The molecule has 3 fully saturated rings. The van der Waals surface area contributed by atoms with E-state index in [0.717, 1.165) is 17.7 Å². The van der Waals surface area contributed by atoms with Crippen molar-refractivity contribution in [3.05, 3.63) is 58.1 Å². The highest BCUT2D eigenvalue weighted by atomic mass is 35.5. The zero-order valence-electron chi connectivity index (χ0n) is 18.5. The molecule has 8 nitrogen and oxygen atoms in total. The number of amides is 5. The van der Waals surface area contributed by atoms with E-state index in [2.05, 4.69) is 10.1 Å². The fourth-order valence-corrected chi connectivity index (χ4v) is 5.24. The van der Waals surface area contributed by atoms with Crippen molar-refractivity contribution in [2.45, 2.75) is 30.8 Å². The molecule has 190 valence electrons. The standard InChI is InChI=1S/C23H19Cl2F3N4O4/c24-15-8-13(36-23(26,27)28)9-16(25)19(15)29-21(34)30-6-7-31-18(11-30)20(33)32(22(31)35)17-10-14(17)12-4-2-1-3-5-12/h1-5,8-9,14,17-18H,6-7,10-11H2,(H,29,34)/t14-,17+,18?/m0/s1. The number of benzene rings is 2. The highest BCUT2D eigenvalue weighted by Gasteiger charge is 2.56. The fourth-order valence-electron chi connectivity index (χ4n) is 4.68. The van der Waals surface area contributed by atoms with Gasteiger partial charge in [0.15, 0.2) is 0 Å². The summed E-state index contributed by atoms with van der Waals surface area (Å²) < 4.78 is 41.2. The molecule has 3 aliphatic rings. The second-order valence-electron chi connectivity index (χ2n) is 8.71. The largest absolute Gasteiger partial charge is 0.573 e. The lowest BCUT2D eigenvalue weighted by Crippen LogP contribution is -2.55. The maximum absolute atomic E-state index is 13.2. The predicted octanol–water partition coefficient (Wildman–Crippen LogP) is 4.93. The lowest BCUT2D eigenvalue weighted by atomic mass is 10.1. The molecular weight excluding hydrogens is 524 g/mol. The Bertz CT molecular complexity index is 1210. The first-order valence-electron chi connectivity index (χ1n) is 11.0. The van der Waals surface area contributed by atoms with Gasteiger partial charge in [0.25, 0.3) is 5.91 Å². The monoisotopic (exact) mass is 542 g/mol. The van der Waals surface area contributed by atoms with Gasteiger partial charge in [0, 0.05) is 37.2 Å². The van der Waals surface area contributed by atoms with Gasteiger partial charge in [-0.1, -0.05) is 53.5 Å². The molecule has 5 amide bonds. The number of hydrogen-bond acceptors (Lipinski definition) is 4. The number of anilines is 1. The molecule has 2 aromatic rings. The normalized spacial score (nSPS) is 23.6. The van der Waals surface area contributed by atoms with Crippen LogP contribution in [0.2, 0.25) is 10.0 Å². The number of hydrogen-bond donors (Lipinski definition) is 1. The minimum atomic E-state index is -4.93. The lowest BCUT2D eigenvalue weighted by Gasteiger charge is -2.35. The van der Waals surface area contributed by atoms with E-state index in [1.54, 1.807) is 0 Å². The number of ether oxygens (including phenoxy) is 1. The zero-order valence-corrected chi connectivity index (χ0v) is 20.0. The predicted molar refractivity (Wildman–Crippen MR) is 124 cm³/mol. The maximum Gasteiger partial charge on any atom is 0.573 e. The number of halogens is 5. The minimum Gasteiger partial charge on any atom is -0.406 e. The van der Waals surface area contributed by atoms with Crippen molar-refractivity contribution < 1.29 is 32.3 Å². The summed E-state index contributed by atoms with van der Waals surface area (Å²) in [5, 5.41) is 1.96. The molecule has 3 atom stereocenters. The van der Waals surface area contributed by atoms with Gasteiger partial charge >= 0.3 is 18.4 Å². The first-order chi connectivity index (χ1) is 17.0. The van der Waals surface area contributed by atoms with Gasteiger partial charge in [0.2, 0.25) is 0 Å². The Morgan fingerprint density at radius 1 is 1.06 bits per heavy atom. The Morgan fingerprint density at radius 3 is 2.36 bits per heavy atom. The molecule has 1 aliphatic carbocycles. The Labute approximate surface area is 213 Å². The van der Waals surface area contributed by atoms with Crippen LogP contribution in [0.1, 0.15) is 17.9 Å². The molecule has 0 bridgehead atoms. The van der Waals surface area contributed by atoms with Crippen LogP contribution in [0.3, 0.4) is 0 Å². The molecule has 5 rings (SSSR count). The van der Waals surface area contributed by atoms with Gasteiger partial charge < -0.3 is 19.9 Å². The molecule has 2 heterocycles. The SMILES string of the molecule is O=C(Nc1c(Cl)cc(OC(F)(F)F)cc1Cl)N1CCN2C(=O)N([C@@H]3C[C@H]3c3ccccc3)C(=O)C2C1. The summed E-state index contributed by atoms with van der Waals surface area (Å²) in [4.78, 5) is 43.1. The van der Waals surface area contributed by atoms with E-state index in [4.69, 9.17) is 23.2 Å². The Kier molecular flexibility index (Phi) is 6.16. The van der Waals surface area contributed by atoms with Crippen LogP contribution >= 0.6 is 23.2 Å². The van der Waals surface area contributed by atoms with Crippen LogP contribution in [0, 0.1) is 0 Å². The first-order valence-corrected chi connectivity index (χ1v) is 11.8. The average Bonchev–Trinajstić information content (AvgIpc) is 3.56. The summed E-state index contributed by atoms with van der Waals surface area (Å²) in [6.07, 6.45) is -4.24. The van der Waals surface area contributed by atoms with Gasteiger partial charge in [-0.3, -0.25) is 9.69 Å². The third kappa shape index (κ3) is 4.64. The van der Waals surface area contributed by atoms with E-state index in [1.165, 1.54) is 14.7 Å². The topological polar surface area (TPSA) is 82.2 Å². The second kappa shape index (κ2) is 9.04. The molecule has 0 radical (unpaired) electrons. The first kappa shape index (κ1) is 24.5. The molecular formula is C23H19Cl2F3N4O4. The molecule has 1 saturated carbocycles. The second-order valence-corrected chi connectivity index (χ2v) is 9.52. The van der Waals surface area contributed by atoms with Crippen molar-refractivity contribution in [3.8, 4) is 5.75 Å². The summed E-state index contributed by atoms with van der Waals surface area (Å²) in [5.41, 5.74) is 0.966. The molecule has 13 heteroatoms.